The second kappa shape index (κ2) is 7.02. The molecule has 80 valence electrons. The van der Waals surface area contributed by atoms with Crippen molar-refractivity contribution in [3.8, 4) is 0 Å². The van der Waals surface area contributed by atoms with Crippen LogP contribution in [0.25, 0.3) is 0 Å². The third-order valence-electron chi connectivity index (χ3n) is 2.19. The molecule has 0 aromatic heterocycles. The highest BCUT2D eigenvalue weighted by Crippen LogP contribution is 2.09. The molecule has 0 saturated heterocycles. The first kappa shape index (κ1) is 11.7. The van der Waals surface area contributed by atoms with Crippen LogP contribution < -0.4 is 0 Å². The number of allylic oxidation sites excluding steroid dienone is 3. The van der Waals surface area contributed by atoms with Gasteiger partial charge in [-0.2, -0.15) is 0 Å². The zero-order valence-corrected chi connectivity index (χ0v) is 9.13. The van der Waals surface area contributed by atoms with Gasteiger partial charge in [-0.15, -0.1) is 0 Å². The molecule has 1 rings (SSSR count). The van der Waals surface area contributed by atoms with E-state index in [9.17, 15) is 0 Å². The van der Waals surface area contributed by atoms with Gasteiger partial charge in [0, 0.05) is 0 Å². The van der Waals surface area contributed by atoms with Gasteiger partial charge in [0.25, 0.3) is 0 Å². The molecule has 0 aliphatic heterocycles. The Morgan fingerprint density at radius 3 is 2.60 bits per heavy atom. The zero-order chi connectivity index (χ0) is 10.9. The molecule has 1 unspecified atom stereocenters. The van der Waals surface area contributed by atoms with Gasteiger partial charge in [0.15, 0.2) is 0 Å². The average molecular weight is 202 g/mol. The quantitative estimate of drug-likeness (QED) is 0.728. The summed E-state index contributed by atoms with van der Waals surface area (Å²) < 4.78 is 0. The van der Waals surface area contributed by atoms with E-state index in [1.54, 1.807) is 6.08 Å². The largest absolute Gasteiger partial charge is 0.392 e. The Kier molecular flexibility index (Phi) is 5.49. The Hall–Kier alpha value is -1.34. The third kappa shape index (κ3) is 5.18. The van der Waals surface area contributed by atoms with Gasteiger partial charge >= 0.3 is 0 Å². The molecule has 0 bridgehead atoms. The summed E-state index contributed by atoms with van der Waals surface area (Å²) in [5.74, 6) is 0.524. The topological polar surface area (TPSA) is 20.2 Å². The lowest BCUT2D eigenvalue weighted by molar-refractivity contribution is 0.343. The summed E-state index contributed by atoms with van der Waals surface area (Å²) in [5, 5.41) is 8.55. The van der Waals surface area contributed by atoms with Crippen molar-refractivity contribution in [2.24, 2.45) is 5.92 Å². The molecule has 1 nitrogen and oxygen atoms in total. The van der Waals surface area contributed by atoms with Crippen molar-refractivity contribution in [3.05, 3.63) is 60.2 Å². The van der Waals surface area contributed by atoms with E-state index in [0.29, 0.717) is 5.92 Å². The summed E-state index contributed by atoms with van der Waals surface area (Å²) in [6.07, 6.45) is 8.81. The Bertz CT molecular complexity index is 311. The van der Waals surface area contributed by atoms with Gasteiger partial charge in [-0.05, 0) is 17.9 Å². The maximum Gasteiger partial charge on any atom is 0.0615 e. The minimum Gasteiger partial charge on any atom is -0.392 e. The molecule has 0 amide bonds. The van der Waals surface area contributed by atoms with Gasteiger partial charge < -0.3 is 5.11 Å². The van der Waals surface area contributed by atoms with E-state index < -0.39 is 0 Å². The van der Waals surface area contributed by atoms with E-state index in [1.165, 1.54) is 5.56 Å². The average Bonchev–Trinajstić information content (AvgIpc) is 2.26. The van der Waals surface area contributed by atoms with Crippen LogP contribution in [0.4, 0.5) is 0 Å². The molecule has 0 fully saturated rings. The summed E-state index contributed by atoms with van der Waals surface area (Å²) in [5.41, 5.74) is 1.36. The van der Waals surface area contributed by atoms with Crippen LogP contribution in [0, 0.1) is 5.92 Å². The van der Waals surface area contributed by atoms with Gasteiger partial charge in [0.1, 0.15) is 0 Å². The molecule has 15 heavy (non-hydrogen) atoms. The molecule has 1 aromatic carbocycles. The second-order valence-electron chi connectivity index (χ2n) is 3.66. The van der Waals surface area contributed by atoms with E-state index >= 15 is 0 Å². The van der Waals surface area contributed by atoms with Crippen LogP contribution in [0.2, 0.25) is 0 Å². The lowest BCUT2D eigenvalue weighted by atomic mass is 10.0. The first-order valence-electron chi connectivity index (χ1n) is 5.31. The van der Waals surface area contributed by atoms with Crippen molar-refractivity contribution in [2.75, 3.05) is 6.61 Å². The second-order valence-corrected chi connectivity index (χ2v) is 3.66. The monoisotopic (exact) mass is 202 g/mol. The van der Waals surface area contributed by atoms with Gasteiger partial charge in [-0.3, -0.25) is 0 Å². The van der Waals surface area contributed by atoms with E-state index in [1.807, 2.05) is 18.2 Å². The Labute approximate surface area is 91.8 Å². The summed E-state index contributed by atoms with van der Waals surface area (Å²) in [6, 6.07) is 10.5. The third-order valence-corrected chi connectivity index (χ3v) is 2.19. The highest BCUT2D eigenvalue weighted by molar-refractivity contribution is 5.16. The SMILES string of the molecule is CC(/C=C/C=C/CO)Cc1ccccc1. The summed E-state index contributed by atoms with van der Waals surface area (Å²) >= 11 is 0. The highest BCUT2D eigenvalue weighted by atomic mass is 16.2. The molecular weight excluding hydrogens is 184 g/mol. The van der Waals surface area contributed by atoms with Gasteiger partial charge in [0.2, 0.25) is 0 Å². The minimum absolute atomic E-state index is 0.109. The molecule has 1 heteroatoms. The predicted octanol–water partition coefficient (Wildman–Crippen LogP) is 2.97. The van der Waals surface area contributed by atoms with Crippen molar-refractivity contribution in [1.82, 2.24) is 0 Å². The van der Waals surface area contributed by atoms with Crippen LogP contribution in [-0.2, 0) is 6.42 Å². The number of rotatable bonds is 5. The molecule has 0 aliphatic carbocycles. The molecule has 1 N–H and O–H groups in total. The fourth-order valence-electron chi connectivity index (χ4n) is 1.45. The Morgan fingerprint density at radius 2 is 1.93 bits per heavy atom. The summed E-state index contributed by atoms with van der Waals surface area (Å²) in [6.45, 7) is 2.30. The molecule has 0 radical (unpaired) electrons. The first-order chi connectivity index (χ1) is 7.33. The fraction of sp³-hybridized carbons (Fsp3) is 0.286. The normalized spacial score (nSPS) is 13.7. The number of hydrogen-bond acceptors (Lipinski definition) is 1. The molecular formula is C14H18O. The summed E-state index contributed by atoms with van der Waals surface area (Å²) in [4.78, 5) is 0. The fourth-order valence-corrected chi connectivity index (χ4v) is 1.45. The van der Waals surface area contributed by atoms with Crippen molar-refractivity contribution < 1.29 is 5.11 Å². The van der Waals surface area contributed by atoms with Crippen LogP contribution in [0.15, 0.2) is 54.6 Å². The maximum atomic E-state index is 8.55. The van der Waals surface area contributed by atoms with Crippen molar-refractivity contribution in [1.29, 1.82) is 0 Å². The summed E-state index contributed by atoms with van der Waals surface area (Å²) in [7, 11) is 0. The van der Waals surface area contributed by atoms with Gasteiger partial charge in [-0.25, -0.2) is 0 Å². The standard InChI is InChI=1S/C14H18O/c1-13(8-4-3-7-11-15)12-14-9-5-2-6-10-14/h2-10,13,15H,11-12H2,1H3/b7-3+,8-4+. The van der Waals surface area contributed by atoms with Crippen LogP contribution in [0.5, 0.6) is 0 Å². The molecule has 1 aromatic rings. The van der Waals surface area contributed by atoms with Crippen LogP contribution in [0.1, 0.15) is 12.5 Å². The Morgan fingerprint density at radius 1 is 1.20 bits per heavy atom. The predicted molar refractivity (Wildman–Crippen MR) is 64.7 cm³/mol. The minimum atomic E-state index is 0.109. The lowest BCUT2D eigenvalue weighted by Crippen LogP contribution is -1.94. The van der Waals surface area contributed by atoms with Crippen molar-refractivity contribution >= 4 is 0 Å². The van der Waals surface area contributed by atoms with Gasteiger partial charge in [0.05, 0.1) is 6.61 Å². The molecule has 0 spiro atoms. The molecule has 0 aliphatic rings. The van der Waals surface area contributed by atoms with E-state index in [-0.39, 0.29) is 6.61 Å². The van der Waals surface area contributed by atoms with E-state index in [4.69, 9.17) is 5.11 Å². The smallest absolute Gasteiger partial charge is 0.0615 e. The number of aliphatic hydroxyl groups is 1. The molecule has 0 saturated carbocycles. The zero-order valence-electron chi connectivity index (χ0n) is 9.13. The molecule has 0 heterocycles. The van der Waals surface area contributed by atoms with Crippen LogP contribution >= 0.6 is 0 Å². The first-order valence-corrected chi connectivity index (χ1v) is 5.31. The Balaban J connectivity index is 2.39. The molecule has 1 atom stereocenters. The lowest BCUT2D eigenvalue weighted by Gasteiger charge is -2.05. The highest BCUT2D eigenvalue weighted by Gasteiger charge is 1.97. The van der Waals surface area contributed by atoms with Crippen molar-refractivity contribution in [2.45, 2.75) is 13.3 Å². The van der Waals surface area contributed by atoms with E-state index in [2.05, 4.69) is 37.3 Å². The van der Waals surface area contributed by atoms with Crippen LogP contribution in [0.3, 0.4) is 0 Å². The number of benzene rings is 1. The number of aliphatic hydroxyl groups excluding tert-OH is 1. The van der Waals surface area contributed by atoms with Crippen LogP contribution in [-0.4, -0.2) is 11.7 Å². The van der Waals surface area contributed by atoms with E-state index in [0.717, 1.165) is 6.42 Å². The van der Waals surface area contributed by atoms with Gasteiger partial charge in [-0.1, -0.05) is 61.6 Å². The van der Waals surface area contributed by atoms with Crippen molar-refractivity contribution in [3.63, 3.8) is 0 Å². The number of hydrogen-bond donors (Lipinski definition) is 1. The maximum absolute atomic E-state index is 8.55.